The molecule has 0 aliphatic rings. The zero-order chi connectivity index (χ0) is 19.8. The van der Waals surface area contributed by atoms with Gasteiger partial charge < -0.3 is 19.4 Å². The van der Waals surface area contributed by atoms with Gasteiger partial charge >= 0.3 is 0 Å². The van der Waals surface area contributed by atoms with Gasteiger partial charge in [0.25, 0.3) is 0 Å². The van der Waals surface area contributed by atoms with Gasteiger partial charge in [-0.1, -0.05) is 19.1 Å². The number of aryl methyl sites for hydroxylation is 1. The molecule has 1 aromatic heterocycles. The Balaban J connectivity index is 1.63. The first-order valence-electron chi connectivity index (χ1n) is 9.69. The highest BCUT2D eigenvalue weighted by molar-refractivity contribution is 5.76. The van der Waals surface area contributed by atoms with Crippen molar-refractivity contribution in [2.45, 2.75) is 32.7 Å². The van der Waals surface area contributed by atoms with Gasteiger partial charge in [-0.3, -0.25) is 4.79 Å². The summed E-state index contributed by atoms with van der Waals surface area (Å²) in [4.78, 5) is 16.2. The van der Waals surface area contributed by atoms with Crippen LogP contribution in [-0.2, 0) is 17.8 Å². The summed E-state index contributed by atoms with van der Waals surface area (Å²) in [6.07, 6.45) is 2.18. The molecule has 0 saturated heterocycles. The molecule has 0 bridgehead atoms. The number of benzene rings is 2. The molecule has 1 amide bonds. The SMILES string of the molecule is CCC(=O)NCCCc1nc2ccccc2n1CCOc1ccc(OC)cc1. The third kappa shape index (κ3) is 5.03. The number of rotatable bonds is 10. The van der Waals surface area contributed by atoms with E-state index < -0.39 is 0 Å². The maximum Gasteiger partial charge on any atom is 0.219 e. The molecule has 6 nitrogen and oxygen atoms in total. The Morgan fingerprint density at radius 1 is 1.11 bits per heavy atom. The third-order valence-electron chi connectivity index (χ3n) is 4.60. The van der Waals surface area contributed by atoms with Gasteiger partial charge in [0.05, 0.1) is 24.7 Å². The van der Waals surface area contributed by atoms with E-state index in [0.29, 0.717) is 26.1 Å². The van der Waals surface area contributed by atoms with E-state index in [4.69, 9.17) is 14.5 Å². The number of hydrogen-bond acceptors (Lipinski definition) is 4. The van der Waals surface area contributed by atoms with E-state index in [-0.39, 0.29) is 5.91 Å². The fourth-order valence-corrected chi connectivity index (χ4v) is 3.09. The topological polar surface area (TPSA) is 65.4 Å². The summed E-state index contributed by atoms with van der Waals surface area (Å²) in [7, 11) is 1.65. The first kappa shape index (κ1) is 19.7. The number of nitrogens with zero attached hydrogens (tertiary/aromatic N) is 2. The molecule has 148 valence electrons. The van der Waals surface area contributed by atoms with Gasteiger partial charge in [0.15, 0.2) is 0 Å². The zero-order valence-corrected chi connectivity index (χ0v) is 16.5. The quantitative estimate of drug-likeness (QED) is 0.545. The monoisotopic (exact) mass is 381 g/mol. The molecule has 0 atom stereocenters. The van der Waals surface area contributed by atoms with Crippen LogP contribution >= 0.6 is 0 Å². The minimum absolute atomic E-state index is 0.0846. The molecular weight excluding hydrogens is 354 g/mol. The molecule has 3 rings (SSSR count). The van der Waals surface area contributed by atoms with Gasteiger partial charge in [0.2, 0.25) is 5.91 Å². The number of ether oxygens (including phenoxy) is 2. The Morgan fingerprint density at radius 3 is 2.61 bits per heavy atom. The fraction of sp³-hybridized carbons (Fsp3) is 0.364. The molecule has 0 fully saturated rings. The predicted octanol–water partition coefficient (Wildman–Crippen LogP) is 3.58. The Kier molecular flexibility index (Phi) is 6.89. The average Bonchev–Trinajstić information content (AvgIpc) is 3.09. The van der Waals surface area contributed by atoms with Crippen LogP contribution in [0.25, 0.3) is 11.0 Å². The molecule has 1 heterocycles. The standard InChI is InChI=1S/C22H27N3O3/c1-3-22(26)23-14-6-9-21-24-19-7-4-5-8-20(19)25(21)15-16-28-18-12-10-17(27-2)11-13-18/h4-5,7-8,10-13H,3,6,9,14-16H2,1-2H3,(H,23,26). The molecule has 0 saturated carbocycles. The third-order valence-corrected chi connectivity index (χ3v) is 4.60. The van der Waals surface area contributed by atoms with Crippen molar-refractivity contribution in [3.05, 3.63) is 54.4 Å². The summed E-state index contributed by atoms with van der Waals surface area (Å²) in [5, 5.41) is 2.92. The lowest BCUT2D eigenvalue weighted by molar-refractivity contribution is -0.120. The molecule has 2 aromatic carbocycles. The van der Waals surface area contributed by atoms with Crippen molar-refractivity contribution in [3.8, 4) is 11.5 Å². The summed E-state index contributed by atoms with van der Waals surface area (Å²) < 4.78 is 13.3. The number of amides is 1. The van der Waals surface area contributed by atoms with Gasteiger partial charge in [0, 0.05) is 19.4 Å². The van der Waals surface area contributed by atoms with E-state index in [1.807, 2.05) is 49.4 Å². The van der Waals surface area contributed by atoms with E-state index in [1.165, 1.54) is 0 Å². The first-order chi connectivity index (χ1) is 13.7. The van der Waals surface area contributed by atoms with Gasteiger partial charge in [-0.25, -0.2) is 4.98 Å². The number of methoxy groups -OCH3 is 1. The van der Waals surface area contributed by atoms with Crippen LogP contribution in [0.15, 0.2) is 48.5 Å². The first-order valence-corrected chi connectivity index (χ1v) is 9.69. The van der Waals surface area contributed by atoms with E-state index >= 15 is 0 Å². The lowest BCUT2D eigenvalue weighted by Gasteiger charge is -2.11. The number of fused-ring (bicyclic) bond motifs is 1. The molecule has 0 spiro atoms. The summed E-state index contributed by atoms with van der Waals surface area (Å²) >= 11 is 0. The number of aromatic nitrogens is 2. The molecule has 6 heteroatoms. The van der Waals surface area contributed by atoms with Gasteiger partial charge in [0.1, 0.15) is 23.9 Å². The number of imidazole rings is 1. The van der Waals surface area contributed by atoms with Crippen molar-refractivity contribution in [1.29, 1.82) is 0 Å². The van der Waals surface area contributed by atoms with Gasteiger partial charge in [-0.2, -0.15) is 0 Å². The van der Waals surface area contributed by atoms with Crippen molar-refractivity contribution in [2.75, 3.05) is 20.3 Å². The highest BCUT2D eigenvalue weighted by atomic mass is 16.5. The Labute approximate surface area is 165 Å². The van der Waals surface area contributed by atoms with Crippen LogP contribution in [0.3, 0.4) is 0 Å². The molecule has 3 aromatic rings. The van der Waals surface area contributed by atoms with Crippen LogP contribution < -0.4 is 14.8 Å². The van der Waals surface area contributed by atoms with Crippen molar-refractivity contribution in [3.63, 3.8) is 0 Å². The summed E-state index contributed by atoms with van der Waals surface area (Å²) in [6.45, 7) is 3.78. The van der Waals surface area contributed by atoms with E-state index in [1.54, 1.807) is 7.11 Å². The number of carbonyl (C=O) groups excluding carboxylic acids is 1. The van der Waals surface area contributed by atoms with E-state index in [2.05, 4.69) is 16.0 Å². The van der Waals surface area contributed by atoms with Crippen LogP contribution in [0.5, 0.6) is 11.5 Å². The van der Waals surface area contributed by atoms with Gasteiger partial charge in [-0.05, 0) is 42.8 Å². The normalized spacial score (nSPS) is 10.8. The van der Waals surface area contributed by atoms with Crippen LogP contribution in [-0.4, -0.2) is 35.7 Å². The number of nitrogens with one attached hydrogen (secondary N) is 1. The van der Waals surface area contributed by atoms with E-state index in [9.17, 15) is 4.79 Å². The van der Waals surface area contributed by atoms with Crippen LogP contribution in [0.1, 0.15) is 25.6 Å². The highest BCUT2D eigenvalue weighted by Crippen LogP contribution is 2.19. The Morgan fingerprint density at radius 2 is 1.86 bits per heavy atom. The minimum atomic E-state index is 0.0846. The molecule has 28 heavy (non-hydrogen) atoms. The summed E-state index contributed by atoms with van der Waals surface area (Å²) in [5.74, 6) is 2.73. The second kappa shape index (κ2) is 9.78. The smallest absolute Gasteiger partial charge is 0.219 e. The number of hydrogen-bond donors (Lipinski definition) is 1. The lowest BCUT2D eigenvalue weighted by atomic mass is 10.3. The average molecular weight is 381 g/mol. The number of para-hydroxylation sites is 2. The van der Waals surface area contributed by atoms with Crippen molar-refractivity contribution < 1.29 is 14.3 Å². The summed E-state index contributed by atoms with van der Waals surface area (Å²) in [5.41, 5.74) is 2.09. The van der Waals surface area contributed by atoms with Crippen molar-refractivity contribution in [1.82, 2.24) is 14.9 Å². The second-order valence-electron chi connectivity index (χ2n) is 6.50. The van der Waals surface area contributed by atoms with Crippen LogP contribution in [0.4, 0.5) is 0 Å². The Hall–Kier alpha value is -3.02. The number of carbonyl (C=O) groups is 1. The molecular formula is C22H27N3O3. The van der Waals surface area contributed by atoms with Crippen LogP contribution in [0.2, 0.25) is 0 Å². The van der Waals surface area contributed by atoms with Crippen molar-refractivity contribution >= 4 is 16.9 Å². The second-order valence-corrected chi connectivity index (χ2v) is 6.50. The van der Waals surface area contributed by atoms with Crippen molar-refractivity contribution in [2.24, 2.45) is 0 Å². The maximum atomic E-state index is 11.4. The minimum Gasteiger partial charge on any atom is -0.497 e. The predicted molar refractivity (Wildman–Crippen MR) is 110 cm³/mol. The van der Waals surface area contributed by atoms with Gasteiger partial charge in [-0.15, -0.1) is 0 Å². The summed E-state index contributed by atoms with van der Waals surface area (Å²) in [6, 6.07) is 15.7. The molecule has 0 aliphatic carbocycles. The Bertz CT molecular complexity index is 903. The fourth-order valence-electron chi connectivity index (χ4n) is 3.09. The highest BCUT2D eigenvalue weighted by Gasteiger charge is 2.10. The zero-order valence-electron chi connectivity index (χ0n) is 16.5. The molecule has 0 aliphatic heterocycles. The van der Waals surface area contributed by atoms with Crippen LogP contribution in [0, 0.1) is 0 Å². The molecule has 1 N–H and O–H groups in total. The largest absolute Gasteiger partial charge is 0.497 e. The molecule has 0 unspecified atom stereocenters. The lowest BCUT2D eigenvalue weighted by Crippen LogP contribution is -2.23. The maximum absolute atomic E-state index is 11.4. The van der Waals surface area contributed by atoms with E-state index in [0.717, 1.165) is 41.2 Å². The molecule has 0 radical (unpaired) electrons.